The van der Waals surface area contributed by atoms with E-state index >= 15 is 0 Å². The minimum Gasteiger partial charge on any atom is -0.370 e. The van der Waals surface area contributed by atoms with Gasteiger partial charge < -0.3 is 11.5 Å². The van der Waals surface area contributed by atoms with Crippen LogP contribution in [0.3, 0.4) is 0 Å². The molecule has 0 saturated heterocycles. The molecule has 0 aromatic heterocycles. The molecule has 0 unspecified atom stereocenters. The van der Waals surface area contributed by atoms with E-state index in [1.54, 1.807) is 0 Å². The quantitative estimate of drug-likeness (QED) is 0.241. The molecule has 4 heteroatoms. The Morgan fingerprint density at radius 1 is 1.40 bits per heavy atom. The van der Waals surface area contributed by atoms with Gasteiger partial charge in [-0.2, -0.15) is 0 Å². The molecule has 0 bridgehead atoms. The summed E-state index contributed by atoms with van der Waals surface area (Å²) >= 11 is 0. The van der Waals surface area contributed by atoms with Crippen LogP contribution in [0.1, 0.15) is 0 Å². The third-order valence-electron chi connectivity index (χ3n) is 0. The van der Waals surface area contributed by atoms with E-state index in [4.69, 9.17) is 5.41 Å². The van der Waals surface area contributed by atoms with Crippen LogP contribution >= 0.6 is 17.0 Å². The van der Waals surface area contributed by atoms with Crippen LogP contribution in [-0.4, -0.2) is 5.96 Å². The van der Waals surface area contributed by atoms with Gasteiger partial charge in [-0.15, -0.1) is 17.0 Å². The molecule has 0 aliphatic carbocycles. The maximum Gasteiger partial charge on any atom is 0.183 e. The van der Waals surface area contributed by atoms with Crippen LogP contribution in [0.5, 0.6) is 0 Å². The van der Waals surface area contributed by atoms with E-state index in [2.05, 4.69) is 11.5 Å². The normalized spacial score (nSPS) is 4.80. The van der Waals surface area contributed by atoms with Crippen LogP contribution in [0, 0.1) is 5.41 Å². The van der Waals surface area contributed by atoms with Gasteiger partial charge in [0.05, 0.1) is 0 Å². The van der Waals surface area contributed by atoms with Gasteiger partial charge in [-0.1, -0.05) is 0 Å². The molecule has 32 valence electrons. The lowest BCUT2D eigenvalue weighted by atomic mass is 11.3. The third-order valence-corrected chi connectivity index (χ3v) is 0. The molecule has 0 aliphatic rings. The first-order valence-electron chi connectivity index (χ1n) is 0.827. The van der Waals surface area contributed by atoms with Gasteiger partial charge in [0, 0.05) is 0 Å². The zero-order chi connectivity index (χ0) is 3.58. The van der Waals surface area contributed by atoms with Gasteiger partial charge in [0.1, 0.15) is 0 Å². The first kappa shape index (κ1) is 8.83. The number of nitrogens with two attached hydrogens (primary N) is 2. The molecule has 5 heavy (non-hydrogen) atoms. The Morgan fingerprint density at radius 3 is 1.40 bits per heavy atom. The third kappa shape index (κ3) is 184. The summed E-state index contributed by atoms with van der Waals surface area (Å²) < 4.78 is 0. The summed E-state index contributed by atoms with van der Waals surface area (Å²) in [6.45, 7) is 0. The second kappa shape index (κ2) is 3.75. The first-order valence-corrected chi connectivity index (χ1v) is 0.827. The summed E-state index contributed by atoms with van der Waals surface area (Å²) in [5, 5.41) is 6.06. The Kier molecular flexibility index (Phi) is 6.62. The maximum absolute atomic E-state index is 6.06. The minimum atomic E-state index is -0.333. The molecule has 0 amide bonds. The smallest absolute Gasteiger partial charge is 0.183 e. The summed E-state index contributed by atoms with van der Waals surface area (Å²) in [6.07, 6.45) is 0. The van der Waals surface area contributed by atoms with E-state index in [0.29, 0.717) is 0 Å². The number of guanidine groups is 1. The molecule has 3 nitrogen and oxygen atoms in total. The summed E-state index contributed by atoms with van der Waals surface area (Å²) in [6, 6.07) is 0. The fraction of sp³-hybridized carbons (Fsp3) is 0. The Hall–Kier alpha value is -0.250. The van der Waals surface area contributed by atoms with Crippen LogP contribution in [0.4, 0.5) is 0 Å². The van der Waals surface area contributed by atoms with Crippen molar-refractivity contribution < 1.29 is 0 Å². The van der Waals surface area contributed by atoms with Crippen molar-refractivity contribution in [1.82, 2.24) is 0 Å². The van der Waals surface area contributed by atoms with E-state index < -0.39 is 0 Å². The summed E-state index contributed by atoms with van der Waals surface area (Å²) in [5.74, 6) is -0.333. The number of hydrogen-bond donors (Lipinski definition) is 3. The molecule has 0 aromatic carbocycles. The van der Waals surface area contributed by atoms with Gasteiger partial charge in [-0.25, -0.2) is 0 Å². The molecule has 0 spiro atoms. The number of rotatable bonds is 0. The van der Waals surface area contributed by atoms with E-state index in [1.807, 2.05) is 0 Å². The molecule has 5 N–H and O–H groups in total. The summed E-state index contributed by atoms with van der Waals surface area (Å²) in [5.41, 5.74) is 8.94. The maximum atomic E-state index is 6.06. The molecule has 0 saturated carbocycles. The van der Waals surface area contributed by atoms with E-state index in [9.17, 15) is 0 Å². The zero-order valence-electron chi connectivity index (χ0n) is 2.56. The highest BCUT2D eigenvalue weighted by atomic mass is 79.9. The predicted molar refractivity (Wildman–Crippen MR) is 26.4 cm³/mol. The Morgan fingerprint density at radius 2 is 1.40 bits per heavy atom. The molecule has 0 heterocycles. The van der Waals surface area contributed by atoms with Crippen molar-refractivity contribution in [2.24, 2.45) is 11.5 Å². The van der Waals surface area contributed by atoms with Gasteiger partial charge in [-0.05, 0) is 0 Å². The van der Waals surface area contributed by atoms with Crippen molar-refractivity contribution in [2.45, 2.75) is 0 Å². The molecule has 0 rings (SSSR count). The lowest BCUT2D eigenvalue weighted by Gasteiger charge is -1.69. The molecule has 0 fully saturated rings. The lowest BCUT2D eigenvalue weighted by molar-refractivity contribution is 1.39. The minimum absolute atomic E-state index is 0. The Labute approximate surface area is 40.6 Å². The van der Waals surface area contributed by atoms with E-state index in [1.165, 1.54) is 0 Å². The van der Waals surface area contributed by atoms with Crippen LogP contribution in [0.25, 0.3) is 0 Å². The monoisotopic (exact) mass is 142 g/mol. The highest BCUT2D eigenvalue weighted by Gasteiger charge is 1.52. The highest BCUT2D eigenvalue weighted by molar-refractivity contribution is 8.93. The first-order chi connectivity index (χ1) is 1.73. The van der Waals surface area contributed by atoms with Crippen LogP contribution in [0.15, 0.2) is 0 Å². The molecule has 0 radical (unpaired) electrons. The van der Waals surface area contributed by atoms with Gasteiger partial charge in [-0.3, -0.25) is 5.41 Å². The van der Waals surface area contributed by atoms with Crippen molar-refractivity contribution >= 4 is 22.9 Å². The number of halogens is 1. The fourth-order valence-electron chi connectivity index (χ4n) is 0. The van der Waals surface area contributed by atoms with Crippen molar-refractivity contribution in [3.8, 4) is 0 Å². The lowest BCUT2D eigenvalue weighted by Crippen LogP contribution is -2.20. The second-order valence-electron chi connectivity index (χ2n) is 0.455. The summed E-state index contributed by atoms with van der Waals surface area (Å²) in [7, 11) is 0. The SMILES string of the molecule is Br.[15NH]=C([15NH2])[15NH2]. The van der Waals surface area contributed by atoms with Crippen molar-refractivity contribution in [3.63, 3.8) is 0 Å². The Balaban J connectivity index is 0. The molecular weight excluding hydrogens is 137 g/mol. The highest BCUT2D eigenvalue weighted by Crippen LogP contribution is 1.13. The van der Waals surface area contributed by atoms with Gasteiger partial charge >= 0.3 is 0 Å². The number of hydrogen-bond acceptors (Lipinski definition) is 1. The van der Waals surface area contributed by atoms with Gasteiger partial charge in [0.25, 0.3) is 0 Å². The molecule has 0 aliphatic heterocycles. The zero-order valence-corrected chi connectivity index (χ0v) is 4.28. The average molecular weight is 143 g/mol. The Bertz CT molecular complexity index is 29.9. The second-order valence-corrected chi connectivity index (χ2v) is 0.455. The topological polar surface area (TPSA) is 75.9 Å². The van der Waals surface area contributed by atoms with Crippen molar-refractivity contribution in [1.29, 1.82) is 5.41 Å². The average Bonchev–Trinajstić information content (AvgIpc) is 0.811. The summed E-state index contributed by atoms with van der Waals surface area (Å²) in [4.78, 5) is 0. The largest absolute Gasteiger partial charge is 0.370 e. The van der Waals surface area contributed by atoms with Crippen LogP contribution in [-0.2, 0) is 0 Å². The van der Waals surface area contributed by atoms with Crippen molar-refractivity contribution in [2.75, 3.05) is 0 Å². The molecule has 0 aromatic rings. The molecule has 0 atom stereocenters. The van der Waals surface area contributed by atoms with E-state index in [-0.39, 0.29) is 22.9 Å². The van der Waals surface area contributed by atoms with Gasteiger partial charge in [0.2, 0.25) is 0 Å². The fourth-order valence-corrected chi connectivity index (χ4v) is 0. The van der Waals surface area contributed by atoms with Crippen molar-refractivity contribution in [3.05, 3.63) is 0 Å². The van der Waals surface area contributed by atoms with E-state index in [0.717, 1.165) is 0 Å². The number of nitrogens with one attached hydrogen (secondary N) is 1. The molecular formula is CH6BrN3. The standard InChI is InChI=1S/CH5N3.BrH/c2-1(3)4;/h(H5,2,3,4);1H/i2+1,3+1,4+1;. The van der Waals surface area contributed by atoms with Gasteiger partial charge in [0.15, 0.2) is 5.96 Å². The van der Waals surface area contributed by atoms with Crippen LogP contribution < -0.4 is 11.5 Å². The predicted octanol–water partition coefficient (Wildman–Crippen LogP) is -0.584. The van der Waals surface area contributed by atoms with Crippen LogP contribution in [0.2, 0.25) is 0 Å².